The van der Waals surface area contributed by atoms with Crippen LogP contribution in [-0.2, 0) is 13.1 Å². The molecular formula is C23H24F5N5O. The summed E-state index contributed by atoms with van der Waals surface area (Å²) < 4.78 is 66.1. The molecule has 0 spiro atoms. The molecule has 1 atom stereocenters. The number of halogens is 5. The van der Waals surface area contributed by atoms with Crippen LogP contribution >= 0.6 is 0 Å². The van der Waals surface area contributed by atoms with Gasteiger partial charge in [0.15, 0.2) is 0 Å². The Morgan fingerprint density at radius 3 is 2.41 bits per heavy atom. The zero-order chi connectivity index (χ0) is 24.5. The molecule has 3 heterocycles. The lowest BCUT2D eigenvalue weighted by atomic mass is 10.0. The molecule has 1 fully saturated rings. The number of nitrogens with one attached hydrogen (secondary N) is 1. The molecule has 6 nitrogen and oxygen atoms in total. The Hall–Kier alpha value is -3.08. The zero-order valence-electron chi connectivity index (χ0n) is 18.4. The second kappa shape index (κ2) is 9.28. The van der Waals surface area contributed by atoms with Crippen molar-refractivity contribution in [1.82, 2.24) is 19.4 Å². The lowest BCUT2D eigenvalue weighted by Gasteiger charge is -2.31. The molecule has 0 radical (unpaired) electrons. The van der Waals surface area contributed by atoms with Crippen molar-refractivity contribution < 1.29 is 22.0 Å². The first-order chi connectivity index (χ1) is 16.0. The van der Waals surface area contributed by atoms with Crippen LogP contribution in [0.1, 0.15) is 36.9 Å². The monoisotopic (exact) mass is 481 g/mol. The van der Waals surface area contributed by atoms with E-state index < -0.39 is 24.2 Å². The van der Waals surface area contributed by atoms with Gasteiger partial charge < -0.3 is 5.32 Å². The predicted molar refractivity (Wildman–Crippen MR) is 118 cm³/mol. The molecule has 1 aromatic carbocycles. The van der Waals surface area contributed by atoms with Gasteiger partial charge in [0, 0.05) is 50.1 Å². The van der Waals surface area contributed by atoms with Gasteiger partial charge in [-0.2, -0.15) is 18.2 Å². The second-order valence-corrected chi connectivity index (χ2v) is 8.59. The predicted octanol–water partition coefficient (Wildman–Crippen LogP) is 4.76. The number of rotatable bonds is 6. The van der Waals surface area contributed by atoms with Crippen molar-refractivity contribution in [1.29, 1.82) is 0 Å². The van der Waals surface area contributed by atoms with Crippen LogP contribution < -0.4 is 10.9 Å². The molecule has 0 bridgehead atoms. The highest BCUT2D eigenvalue weighted by Gasteiger charge is 2.33. The number of benzene rings is 1. The SMILES string of the molecule is CC(Nc1ncc2ccc(=O)n(CC(F)(F)F)c2n1)c1ccc(CN2CCC(F)(F)CC2)cc1. The lowest BCUT2D eigenvalue weighted by Crippen LogP contribution is -2.38. The van der Waals surface area contributed by atoms with Crippen LogP contribution in [0.25, 0.3) is 11.0 Å². The molecule has 0 aliphatic carbocycles. The van der Waals surface area contributed by atoms with Crippen LogP contribution in [0.15, 0.2) is 47.4 Å². The maximum Gasteiger partial charge on any atom is 0.406 e. The summed E-state index contributed by atoms with van der Waals surface area (Å²) in [5, 5.41) is 3.38. The van der Waals surface area contributed by atoms with E-state index in [1.807, 2.05) is 36.1 Å². The minimum atomic E-state index is -4.57. The van der Waals surface area contributed by atoms with Gasteiger partial charge in [0.05, 0.1) is 6.04 Å². The molecule has 34 heavy (non-hydrogen) atoms. The van der Waals surface area contributed by atoms with E-state index in [1.165, 1.54) is 12.3 Å². The van der Waals surface area contributed by atoms with Crippen LogP contribution in [0, 0.1) is 0 Å². The van der Waals surface area contributed by atoms with Gasteiger partial charge in [-0.25, -0.2) is 13.8 Å². The van der Waals surface area contributed by atoms with Gasteiger partial charge in [-0.05, 0) is 24.1 Å². The van der Waals surface area contributed by atoms with Crippen LogP contribution in [0.3, 0.4) is 0 Å². The van der Waals surface area contributed by atoms with Crippen molar-refractivity contribution in [2.45, 2.75) is 51.0 Å². The van der Waals surface area contributed by atoms with Gasteiger partial charge in [-0.1, -0.05) is 24.3 Å². The van der Waals surface area contributed by atoms with E-state index in [0.717, 1.165) is 17.2 Å². The van der Waals surface area contributed by atoms with Crippen LogP contribution in [0.2, 0.25) is 0 Å². The van der Waals surface area contributed by atoms with Gasteiger partial charge >= 0.3 is 6.18 Å². The standard InChI is InChI=1S/C23H24F5N5O/c1-15(17-4-2-16(3-5-17)13-32-10-8-22(24,25)9-11-32)30-21-29-12-18-6-7-19(34)33(20(18)31-21)14-23(26,27)28/h2-7,12,15H,8-11,13-14H2,1H3,(H,29,30,31). The summed E-state index contributed by atoms with van der Waals surface area (Å²) in [6.45, 7) is 1.70. The second-order valence-electron chi connectivity index (χ2n) is 8.59. The van der Waals surface area contributed by atoms with Gasteiger partial charge in [-0.3, -0.25) is 14.3 Å². The fourth-order valence-electron chi connectivity index (χ4n) is 3.96. The molecule has 4 rings (SSSR count). The van der Waals surface area contributed by atoms with E-state index in [4.69, 9.17) is 0 Å². The average molecular weight is 481 g/mol. The number of hydrogen-bond acceptors (Lipinski definition) is 5. The molecule has 1 aliphatic rings. The first kappa shape index (κ1) is 24.1. The number of hydrogen-bond donors (Lipinski definition) is 1. The van der Waals surface area contributed by atoms with Gasteiger partial charge in [0.1, 0.15) is 12.2 Å². The fraction of sp³-hybridized carbons (Fsp3) is 0.435. The number of nitrogens with zero attached hydrogens (tertiary/aromatic N) is 4. The molecule has 0 saturated carbocycles. The van der Waals surface area contributed by atoms with E-state index in [9.17, 15) is 26.7 Å². The molecule has 3 aromatic rings. The Labute approximate surface area is 192 Å². The van der Waals surface area contributed by atoms with Crippen molar-refractivity contribution in [2.75, 3.05) is 18.4 Å². The minimum absolute atomic E-state index is 0.0971. The maximum atomic E-state index is 13.3. The third kappa shape index (κ3) is 5.88. The number of piperidine rings is 1. The first-order valence-corrected chi connectivity index (χ1v) is 10.9. The van der Waals surface area contributed by atoms with Crippen molar-refractivity contribution in [3.8, 4) is 0 Å². The van der Waals surface area contributed by atoms with E-state index in [1.54, 1.807) is 0 Å². The third-order valence-corrected chi connectivity index (χ3v) is 5.88. The number of fused-ring (bicyclic) bond motifs is 1. The fourth-order valence-corrected chi connectivity index (χ4v) is 3.96. The molecule has 182 valence electrons. The van der Waals surface area contributed by atoms with Gasteiger partial charge in [0.25, 0.3) is 11.5 Å². The average Bonchev–Trinajstić information content (AvgIpc) is 2.77. The number of pyridine rings is 1. The van der Waals surface area contributed by atoms with Gasteiger partial charge in [-0.15, -0.1) is 0 Å². The number of likely N-dealkylation sites (tertiary alicyclic amines) is 1. The van der Waals surface area contributed by atoms with E-state index in [-0.39, 0.29) is 30.5 Å². The molecule has 2 aromatic heterocycles. The molecule has 1 N–H and O–H groups in total. The van der Waals surface area contributed by atoms with E-state index >= 15 is 0 Å². The van der Waals surface area contributed by atoms with Crippen molar-refractivity contribution in [3.63, 3.8) is 0 Å². The number of alkyl halides is 5. The summed E-state index contributed by atoms with van der Waals surface area (Å²) in [6.07, 6.45) is -3.46. The highest BCUT2D eigenvalue weighted by molar-refractivity contribution is 5.75. The van der Waals surface area contributed by atoms with E-state index in [2.05, 4.69) is 15.3 Å². The van der Waals surface area contributed by atoms with Crippen molar-refractivity contribution >= 4 is 17.0 Å². The zero-order valence-corrected chi connectivity index (χ0v) is 18.4. The highest BCUT2D eigenvalue weighted by atomic mass is 19.4. The summed E-state index contributed by atoms with van der Waals surface area (Å²) in [7, 11) is 0. The third-order valence-electron chi connectivity index (χ3n) is 5.88. The van der Waals surface area contributed by atoms with Gasteiger partial charge in [0.2, 0.25) is 5.95 Å². The topological polar surface area (TPSA) is 63.1 Å². The summed E-state index contributed by atoms with van der Waals surface area (Å²) >= 11 is 0. The maximum absolute atomic E-state index is 13.3. The summed E-state index contributed by atoms with van der Waals surface area (Å²) in [5.41, 5.74) is 0.991. The molecule has 1 aliphatic heterocycles. The summed E-state index contributed by atoms with van der Waals surface area (Å²) in [4.78, 5) is 22.3. The van der Waals surface area contributed by atoms with Crippen molar-refractivity contribution in [2.24, 2.45) is 0 Å². The molecular weight excluding hydrogens is 457 g/mol. The molecule has 1 saturated heterocycles. The Morgan fingerprint density at radius 2 is 1.76 bits per heavy atom. The lowest BCUT2D eigenvalue weighted by molar-refractivity contribution is -0.140. The Kier molecular flexibility index (Phi) is 6.57. The van der Waals surface area contributed by atoms with Crippen molar-refractivity contribution in [3.05, 3.63) is 64.1 Å². The molecule has 11 heteroatoms. The number of aromatic nitrogens is 3. The Bertz CT molecular complexity index is 1200. The smallest absolute Gasteiger partial charge is 0.348 e. The number of anilines is 1. The van der Waals surface area contributed by atoms with Crippen LogP contribution in [0.4, 0.5) is 27.9 Å². The van der Waals surface area contributed by atoms with E-state index in [0.29, 0.717) is 29.6 Å². The minimum Gasteiger partial charge on any atom is -0.348 e. The molecule has 0 amide bonds. The van der Waals surface area contributed by atoms with Crippen LogP contribution in [0.5, 0.6) is 0 Å². The normalized spacial score (nSPS) is 17.6. The Morgan fingerprint density at radius 1 is 1.09 bits per heavy atom. The molecule has 1 unspecified atom stereocenters. The van der Waals surface area contributed by atoms with Crippen LogP contribution in [-0.4, -0.2) is 44.6 Å². The Balaban J connectivity index is 1.46. The highest BCUT2D eigenvalue weighted by Crippen LogP contribution is 2.28. The quantitative estimate of drug-likeness (QED) is 0.515. The first-order valence-electron chi connectivity index (χ1n) is 10.9. The largest absolute Gasteiger partial charge is 0.406 e. The summed E-state index contributed by atoms with van der Waals surface area (Å²) in [5.74, 6) is -2.48. The summed E-state index contributed by atoms with van der Waals surface area (Å²) in [6, 6.07) is 9.81.